The van der Waals surface area contributed by atoms with E-state index < -0.39 is 51.5 Å². The molecule has 2 atom stereocenters. The zero-order valence-corrected chi connectivity index (χ0v) is 18.5. The number of sulfonamides is 1. The maximum absolute atomic E-state index is 12.6. The van der Waals surface area contributed by atoms with E-state index in [1.165, 1.54) is 18.6 Å². The highest BCUT2D eigenvalue weighted by Crippen LogP contribution is 2.38. The van der Waals surface area contributed by atoms with Gasteiger partial charge in [-0.05, 0) is 46.5 Å². The average molecular weight is 461 g/mol. The standard InChI is InChI=1S/C18H30F3NO7S/c1-5-17(4,15(24)29-11-13-7-6-9-27-13)12-16(2,3)14(23)28-10-8-22-30(25,26)18(19,20)21/h13,22H,5-12H2,1-4H3. The van der Waals surface area contributed by atoms with Crippen LogP contribution in [0.15, 0.2) is 0 Å². The Hall–Kier alpha value is -1.40. The van der Waals surface area contributed by atoms with Crippen molar-refractivity contribution in [2.45, 2.75) is 65.0 Å². The summed E-state index contributed by atoms with van der Waals surface area (Å²) in [5.41, 5.74) is -7.58. The van der Waals surface area contributed by atoms with E-state index in [0.717, 1.165) is 12.8 Å². The third kappa shape index (κ3) is 7.38. The van der Waals surface area contributed by atoms with Crippen molar-refractivity contribution in [3.05, 3.63) is 0 Å². The first-order valence-electron chi connectivity index (χ1n) is 9.66. The highest BCUT2D eigenvalue weighted by molar-refractivity contribution is 7.90. The number of alkyl halides is 3. The predicted octanol–water partition coefficient (Wildman–Crippen LogP) is 2.52. The second kappa shape index (κ2) is 10.3. The van der Waals surface area contributed by atoms with Gasteiger partial charge in [0.15, 0.2) is 0 Å². The molecular weight excluding hydrogens is 431 g/mol. The van der Waals surface area contributed by atoms with Crippen molar-refractivity contribution in [3.8, 4) is 0 Å². The van der Waals surface area contributed by atoms with Crippen LogP contribution in [0, 0.1) is 10.8 Å². The Bertz CT molecular complexity index is 703. The van der Waals surface area contributed by atoms with Crippen molar-refractivity contribution < 1.29 is 45.4 Å². The second-order valence-corrected chi connectivity index (χ2v) is 9.95. The second-order valence-electron chi connectivity index (χ2n) is 8.19. The number of hydrogen-bond acceptors (Lipinski definition) is 7. The highest BCUT2D eigenvalue weighted by Gasteiger charge is 2.46. The lowest BCUT2D eigenvalue weighted by Gasteiger charge is -2.33. The number of carbonyl (C=O) groups excluding carboxylic acids is 2. The van der Waals surface area contributed by atoms with E-state index in [2.05, 4.69) is 0 Å². The highest BCUT2D eigenvalue weighted by atomic mass is 32.2. The number of nitrogens with one attached hydrogen (secondary N) is 1. The van der Waals surface area contributed by atoms with Crippen molar-refractivity contribution in [1.29, 1.82) is 0 Å². The quantitative estimate of drug-likeness (QED) is 0.372. The number of halogens is 3. The first-order chi connectivity index (χ1) is 13.6. The van der Waals surface area contributed by atoms with E-state index in [9.17, 15) is 31.2 Å². The maximum atomic E-state index is 12.6. The van der Waals surface area contributed by atoms with Gasteiger partial charge >= 0.3 is 27.5 Å². The number of hydrogen-bond donors (Lipinski definition) is 1. The van der Waals surface area contributed by atoms with Crippen LogP contribution >= 0.6 is 0 Å². The Morgan fingerprint density at radius 3 is 2.27 bits per heavy atom. The molecule has 0 aromatic carbocycles. The number of esters is 2. The van der Waals surface area contributed by atoms with Crippen LogP contribution in [-0.4, -0.2) is 58.3 Å². The summed E-state index contributed by atoms with van der Waals surface area (Å²) in [4.78, 5) is 25.0. The van der Waals surface area contributed by atoms with Crippen LogP contribution in [0.1, 0.15) is 53.4 Å². The predicted molar refractivity (Wildman–Crippen MR) is 101 cm³/mol. The van der Waals surface area contributed by atoms with Gasteiger partial charge in [-0.1, -0.05) is 6.92 Å². The molecule has 12 heteroatoms. The molecule has 1 N–H and O–H groups in total. The Balaban J connectivity index is 2.58. The van der Waals surface area contributed by atoms with Gasteiger partial charge in [-0.3, -0.25) is 9.59 Å². The fraction of sp³-hybridized carbons (Fsp3) is 0.889. The van der Waals surface area contributed by atoms with Gasteiger partial charge in [-0.25, -0.2) is 13.1 Å². The minimum Gasteiger partial charge on any atom is -0.464 e. The SMILES string of the molecule is CCC(C)(CC(C)(C)C(=O)OCCNS(=O)(=O)C(F)(F)F)C(=O)OCC1CCCO1. The van der Waals surface area contributed by atoms with Crippen molar-refractivity contribution in [1.82, 2.24) is 4.72 Å². The zero-order chi connectivity index (χ0) is 23.2. The Labute approximate surface area is 174 Å². The smallest absolute Gasteiger partial charge is 0.464 e. The van der Waals surface area contributed by atoms with Crippen molar-refractivity contribution in [3.63, 3.8) is 0 Å². The summed E-state index contributed by atoms with van der Waals surface area (Å²) in [6, 6.07) is 0. The third-order valence-corrected chi connectivity index (χ3v) is 6.21. The van der Waals surface area contributed by atoms with Crippen LogP contribution in [0.5, 0.6) is 0 Å². The summed E-state index contributed by atoms with van der Waals surface area (Å²) in [6.07, 6.45) is 2.05. The molecule has 1 rings (SSSR count). The molecule has 0 spiro atoms. The van der Waals surface area contributed by atoms with Gasteiger partial charge in [0, 0.05) is 13.2 Å². The Morgan fingerprint density at radius 2 is 1.77 bits per heavy atom. The molecule has 0 bridgehead atoms. The minimum absolute atomic E-state index is 0.0773. The lowest BCUT2D eigenvalue weighted by atomic mass is 9.72. The molecule has 176 valence electrons. The zero-order valence-electron chi connectivity index (χ0n) is 17.6. The first-order valence-corrected chi connectivity index (χ1v) is 11.1. The lowest BCUT2D eigenvalue weighted by Crippen LogP contribution is -2.41. The van der Waals surface area contributed by atoms with Gasteiger partial charge < -0.3 is 14.2 Å². The van der Waals surface area contributed by atoms with Crippen LogP contribution in [0.3, 0.4) is 0 Å². The summed E-state index contributed by atoms with van der Waals surface area (Å²) in [5, 5.41) is 0. The van der Waals surface area contributed by atoms with Crippen molar-refractivity contribution in [2.24, 2.45) is 10.8 Å². The molecule has 1 aliphatic rings. The van der Waals surface area contributed by atoms with E-state index in [-0.39, 0.29) is 19.1 Å². The molecular formula is C18H30F3NO7S. The summed E-state index contributed by atoms with van der Waals surface area (Å²) < 4.78 is 75.6. The third-order valence-electron chi connectivity index (χ3n) is 5.01. The van der Waals surface area contributed by atoms with Gasteiger partial charge in [0.05, 0.1) is 16.9 Å². The average Bonchev–Trinajstić information content (AvgIpc) is 3.15. The van der Waals surface area contributed by atoms with Crippen LogP contribution in [0.4, 0.5) is 13.2 Å². The molecule has 0 amide bonds. The molecule has 0 saturated carbocycles. The maximum Gasteiger partial charge on any atom is 0.511 e. The van der Waals surface area contributed by atoms with Crippen LogP contribution in [0.25, 0.3) is 0 Å². The minimum atomic E-state index is -5.50. The van der Waals surface area contributed by atoms with Gasteiger partial charge in [-0.2, -0.15) is 13.2 Å². The fourth-order valence-corrected chi connectivity index (χ4v) is 3.62. The first kappa shape index (κ1) is 26.6. The normalized spacial score (nSPS) is 19.9. The molecule has 30 heavy (non-hydrogen) atoms. The molecule has 0 aromatic rings. The molecule has 0 aromatic heterocycles. The Morgan fingerprint density at radius 1 is 1.13 bits per heavy atom. The summed E-state index contributed by atoms with van der Waals surface area (Å²) in [5.74, 6) is -1.24. The van der Waals surface area contributed by atoms with Crippen LogP contribution in [-0.2, 0) is 33.8 Å². The van der Waals surface area contributed by atoms with Crippen LogP contribution in [0.2, 0.25) is 0 Å². The van der Waals surface area contributed by atoms with E-state index in [4.69, 9.17) is 14.2 Å². The molecule has 1 fully saturated rings. The summed E-state index contributed by atoms with van der Waals surface area (Å²) in [6.45, 7) is 5.98. The molecule has 0 radical (unpaired) electrons. The van der Waals surface area contributed by atoms with Crippen molar-refractivity contribution in [2.75, 3.05) is 26.4 Å². The van der Waals surface area contributed by atoms with E-state index in [1.54, 1.807) is 13.8 Å². The summed E-state index contributed by atoms with van der Waals surface area (Å²) in [7, 11) is -5.50. The summed E-state index contributed by atoms with van der Waals surface area (Å²) >= 11 is 0. The fourth-order valence-electron chi connectivity index (χ4n) is 3.10. The van der Waals surface area contributed by atoms with Gasteiger partial charge in [0.25, 0.3) is 0 Å². The number of carbonyl (C=O) groups is 2. The van der Waals surface area contributed by atoms with E-state index in [0.29, 0.717) is 13.0 Å². The van der Waals surface area contributed by atoms with E-state index in [1.807, 2.05) is 0 Å². The lowest BCUT2D eigenvalue weighted by molar-refractivity contribution is -0.165. The largest absolute Gasteiger partial charge is 0.511 e. The molecule has 1 saturated heterocycles. The number of ether oxygens (including phenoxy) is 3. The van der Waals surface area contributed by atoms with Gasteiger partial charge in [-0.15, -0.1) is 0 Å². The van der Waals surface area contributed by atoms with E-state index >= 15 is 0 Å². The monoisotopic (exact) mass is 461 g/mol. The van der Waals surface area contributed by atoms with Gasteiger partial charge in [0.2, 0.25) is 0 Å². The molecule has 2 unspecified atom stereocenters. The number of rotatable bonds is 11. The van der Waals surface area contributed by atoms with Crippen molar-refractivity contribution >= 4 is 22.0 Å². The molecule has 0 aliphatic carbocycles. The molecule has 1 heterocycles. The molecule has 8 nitrogen and oxygen atoms in total. The molecule has 1 aliphatic heterocycles. The van der Waals surface area contributed by atoms with Crippen LogP contribution < -0.4 is 4.72 Å². The van der Waals surface area contributed by atoms with Gasteiger partial charge in [0.1, 0.15) is 13.2 Å². The Kier molecular flexibility index (Phi) is 9.12. The topological polar surface area (TPSA) is 108 Å².